The molecule has 3 aromatic rings. The van der Waals surface area contributed by atoms with Crippen LogP contribution in [0.4, 0.5) is 0 Å². The summed E-state index contributed by atoms with van der Waals surface area (Å²) in [6.45, 7) is 5.00. The van der Waals surface area contributed by atoms with Crippen molar-refractivity contribution >= 4 is 10.9 Å². The summed E-state index contributed by atoms with van der Waals surface area (Å²) in [6, 6.07) is 17.4. The molecular weight excluding hydrogens is 268 g/mol. The minimum atomic E-state index is 0.351. The smallest absolute Gasteiger partial charge is 0.0458 e. The topological polar surface area (TPSA) is 41.8 Å². The highest BCUT2D eigenvalue weighted by molar-refractivity contribution is 5.85. The van der Waals surface area contributed by atoms with Crippen molar-refractivity contribution in [2.24, 2.45) is 5.73 Å². The van der Waals surface area contributed by atoms with Crippen LogP contribution in [0.2, 0.25) is 0 Å². The van der Waals surface area contributed by atoms with E-state index in [0.29, 0.717) is 12.5 Å². The van der Waals surface area contributed by atoms with E-state index < -0.39 is 0 Å². The first-order chi connectivity index (χ1) is 10.7. The van der Waals surface area contributed by atoms with Gasteiger partial charge in [-0.05, 0) is 49.1 Å². The van der Waals surface area contributed by atoms with E-state index in [0.717, 1.165) is 12.8 Å². The second kappa shape index (κ2) is 6.37. The fourth-order valence-electron chi connectivity index (χ4n) is 3.32. The highest BCUT2D eigenvalue weighted by Gasteiger charge is 2.18. The van der Waals surface area contributed by atoms with Gasteiger partial charge < -0.3 is 10.7 Å². The summed E-state index contributed by atoms with van der Waals surface area (Å²) in [5.74, 6) is 0.351. The van der Waals surface area contributed by atoms with E-state index in [1.807, 2.05) is 0 Å². The van der Waals surface area contributed by atoms with Crippen molar-refractivity contribution in [2.45, 2.75) is 32.6 Å². The second-order valence-corrected chi connectivity index (χ2v) is 6.02. The van der Waals surface area contributed by atoms with Gasteiger partial charge in [0.2, 0.25) is 0 Å². The Morgan fingerprint density at radius 1 is 1.00 bits per heavy atom. The van der Waals surface area contributed by atoms with Gasteiger partial charge in [-0.15, -0.1) is 0 Å². The predicted molar refractivity (Wildman–Crippen MR) is 94.4 cm³/mol. The first-order valence-electron chi connectivity index (χ1n) is 8.08. The van der Waals surface area contributed by atoms with Gasteiger partial charge in [-0.1, -0.05) is 49.4 Å². The van der Waals surface area contributed by atoms with Gasteiger partial charge in [0.25, 0.3) is 0 Å². The summed E-state index contributed by atoms with van der Waals surface area (Å²) in [5.41, 5.74) is 12.7. The fourth-order valence-corrected chi connectivity index (χ4v) is 3.32. The summed E-state index contributed by atoms with van der Waals surface area (Å²) in [7, 11) is 0. The number of hydrogen-bond acceptors (Lipinski definition) is 1. The summed E-state index contributed by atoms with van der Waals surface area (Å²) < 4.78 is 0. The molecule has 0 aliphatic heterocycles. The van der Waals surface area contributed by atoms with Gasteiger partial charge in [0.15, 0.2) is 0 Å². The van der Waals surface area contributed by atoms with Crippen LogP contribution in [0.5, 0.6) is 0 Å². The number of H-pyrrole nitrogens is 1. The number of hydrogen-bond donors (Lipinski definition) is 2. The van der Waals surface area contributed by atoms with Crippen LogP contribution >= 0.6 is 0 Å². The molecule has 114 valence electrons. The Morgan fingerprint density at radius 2 is 1.68 bits per heavy atom. The molecule has 1 heterocycles. The third-order valence-corrected chi connectivity index (χ3v) is 4.55. The zero-order chi connectivity index (χ0) is 15.5. The molecule has 0 aliphatic rings. The van der Waals surface area contributed by atoms with E-state index >= 15 is 0 Å². The lowest BCUT2D eigenvalue weighted by atomic mass is 9.89. The minimum Gasteiger partial charge on any atom is -0.358 e. The van der Waals surface area contributed by atoms with Crippen molar-refractivity contribution in [1.29, 1.82) is 0 Å². The predicted octanol–water partition coefficient (Wildman–Crippen LogP) is 4.32. The van der Waals surface area contributed by atoms with Crippen molar-refractivity contribution < 1.29 is 0 Å². The van der Waals surface area contributed by atoms with Crippen LogP contribution in [0, 0.1) is 6.92 Å². The molecule has 3 N–H and O–H groups in total. The minimum absolute atomic E-state index is 0.351. The molecule has 0 fully saturated rings. The third-order valence-electron chi connectivity index (χ3n) is 4.55. The van der Waals surface area contributed by atoms with Crippen molar-refractivity contribution in [3.8, 4) is 0 Å². The Balaban J connectivity index is 1.93. The summed E-state index contributed by atoms with van der Waals surface area (Å²) in [5, 5.41) is 1.31. The lowest BCUT2D eigenvalue weighted by Gasteiger charge is -2.16. The zero-order valence-corrected chi connectivity index (χ0v) is 13.4. The molecule has 1 atom stereocenters. The van der Waals surface area contributed by atoms with Crippen LogP contribution in [0.25, 0.3) is 10.9 Å². The van der Waals surface area contributed by atoms with E-state index in [4.69, 9.17) is 5.73 Å². The van der Waals surface area contributed by atoms with Gasteiger partial charge in [0, 0.05) is 22.5 Å². The maximum absolute atomic E-state index is 6.11. The Hall–Kier alpha value is -2.06. The van der Waals surface area contributed by atoms with Gasteiger partial charge in [-0.25, -0.2) is 0 Å². The lowest BCUT2D eigenvalue weighted by molar-refractivity contribution is 0.694. The zero-order valence-electron chi connectivity index (χ0n) is 13.4. The highest BCUT2D eigenvalue weighted by Crippen LogP contribution is 2.30. The molecule has 3 rings (SSSR count). The summed E-state index contributed by atoms with van der Waals surface area (Å²) >= 11 is 0. The van der Waals surface area contributed by atoms with E-state index in [1.165, 1.54) is 33.3 Å². The van der Waals surface area contributed by atoms with Crippen LogP contribution in [-0.2, 0) is 12.8 Å². The molecule has 1 unspecified atom stereocenters. The van der Waals surface area contributed by atoms with Crippen molar-refractivity contribution in [1.82, 2.24) is 4.98 Å². The molecule has 1 aromatic heterocycles. The van der Waals surface area contributed by atoms with E-state index in [2.05, 4.69) is 67.4 Å². The number of aryl methyl sites for hydroxylation is 2. The van der Waals surface area contributed by atoms with Crippen molar-refractivity contribution in [3.05, 3.63) is 70.9 Å². The van der Waals surface area contributed by atoms with Gasteiger partial charge in [0.1, 0.15) is 0 Å². The number of rotatable bonds is 5. The third kappa shape index (κ3) is 2.79. The number of aromatic amines is 1. The van der Waals surface area contributed by atoms with Crippen LogP contribution in [0.3, 0.4) is 0 Å². The number of nitrogens with one attached hydrogen (secondary N) is 1. The van der Waals surface area contributed by atoms with Crippen LogP contribution in [-0.4, -0.2) is 11.5 Å². The molecule has 22 heavy (non-hydrogen) atoms. The van der Waals surface area contributed by atoms with Crippen LogP contribution < -0.4 is 5.73 Å². The first kappa shape index (κ1) is 14.9. The Kier molecular flexibility index (Phi) is 4.30. The van der Waals surface area contributed by atoms with Crippen molar-refractivity contribution in [2.75, 3.05) is 6.54 Å². The highest BCUT2D eigenvalue weighted by atomic mass is 14.7. The average molecular weight is 292 g/mol. The summed E-state index contributed by atoms with van der Waals surface area (Å²) in [6.07, 6.45) is 2.07. The van der Waals surface area contributed by atoms with Gasteiger partial charge >= 0.3 is 0 Å². The fraction of sp³-hybridized carbons (Fsp3) is 0.300. The largest absolute Gasteiger partial charge is 0.358 e. The van der Waals surface area contributed by atoms with E-state index in [9.17, 15) is 0 Å². The Morgan fingerprint density at radius 3 is 2.36 bits per heavy atom. The number of nitrogens with two attached hydrogens (primary N) is 1. The molecule has 2 nitrogen and oxygen atoms in total. The van der Waals surface area contributed by atoms with E-state index in [-0.39, 0.29) is 0 Å². The maximum Gasteiger partial charge on any atom is 0.0458 e. The summed E-state index contributed by atoms with van der Waals surface area (Å²) in [4.78, 5) is 3.49. The molecule has 0 radical (unpaired) electrons. The van der Waals surface area contributed by atoms with Crippen LogP contribution in [0.1, 0.15) is 35.2 Å². The maximum atomic E-state index is 6.11. The van der Waals surface area contributed by atoms with Gasteiger partial charge in [0.05, 0.1) is 0 Å². The lowest BCUT2D eigenvalue weighted by Crippen LogP contribution is -2.15. The molecule has 2 heteroatoms. The number of para-hydroxylation sites is 1. The van der Waals surface area contributed by atoms with E-state index in [1.54, 1.807) is 0 Å². The normalized spacial score (nSPS) is 12.7. The molecule has 0 aliphatic carbocycles. The van der Waals surface area contributed by atoms with Crippen LogP contribution in [0.15, 0.2) is 48.5 Å². The standard InChI is InChI=1S/C20H24N2/c1-3-15-8-10-16(11-9-15)12-17(13-21)20-14(2)22-19-7-5-4-6-18(19)20/h4-11,17,22H,3,12-13,21H2,1-2H3. The molecule has 2 aromatic carbocycles. The first-order valence-corrected chi connectivity index (χ1v) is 8.08. The Labute approximate surface area is 132 Å². The van der Waals surface area contributed by atoms with Crippen molar-refractivity contribution in [3.63, 3.8) is 0 Å². The SMILES string of the molecule is CCc1ccc(CC(CN)c2c(C)[nH]c3ccccc23)cc1. The second-order valence-electron chi connectivity index (χ2n) is 6.02. The number of fused-ring (bicyclic) bond motifs is 1. The molecule has 0 saturated heterocycles. The quantitative estimate of drug-likeness (QED) is 0.722. The number of aromatic nitrogens is 1. The number of benzene rings is 2. The van der Waals surface area contributed by atoms with Gasteiger partial charge in [-0.3, -0.25) is 0 Å². The molecule has 0 saturated carbocycles. The van der Waals surface area contributed by atoms with Gasteiger partial charge in [-0.2, -0.15) is 0 Å². The monoisotopic (exact) mass is 292 g/mol. The molecular formula is C20H24N2. The average Bonchev–Trinajstić information content (AvgIpc) is 2.89. The molecule has 0 amide bonds. The molecule has 0 spiro atoms. The Bertz CT molecular complexity index is 753. The molecule has 0 bridgehead atoms.